The van der Waals surface area contributed by atoms with Gasteiger partial charge in [0.15, 0.2) is 0 Å². The van der Waals surface area contributed by atoms with Gasteiger partial charge in [-0.25, -0.2) is 0 Å². The lowest BCUT2D eigenvalue weighted by Crippen LogP contribution is -2.42. The number of aliphatic hydroxyl groups is 1. The first-order valence-corrected chi connectivity index (χ1v) is 6.24. The Morgan fingerprint density at radius 1 is 1.31 bits per heavy atom. The lowest BCUT2D eigenvalue weighted by atomic mass is 9.98. The maximum Gasteiger partial charge on any atom is 0.0485 e. The first kappa shape index (κ1) is 11.9. The van der Waals surface area contributed by atoms with Crippen molar-refractivity contribution < 1.29 is 5.11 Å². The van der Waals surface area contributed by atoms with Gasteiger partial charge in [-0.15, -0.1) is 11.6 Å². The summed E-state index contributed by atoms with van der Waals surface area (Å²) in [6.45, 7) is 3.08. The average Bonchev–Trinajstić information content (AvgIpc) is 2.33. The third-order valence-electron chi connectivity index (χ3n) is 3.21. The zero-order valence-corrected chi connectivity index (χ0v) is 10.1. The monoisotopic (exact) mass is 239 g/mol. The molecule has 1 N–H and O–H groups in total. The molecule has 2 atom stereocenters. The van der Waals surface area contributed by atoms with Gasteiger partial charge in [0.25, 0.3) is 0 Å². The SMILES string of the molecule is OC[C@H]1CN(Cc2ccccc2)CC[C@H]1Cl. The summed E-state index contributed by atoms with van der Waals surface area (Å²) in [5.41, 5.74) is 1.33. The molecule has 1 aromatic rings. The molecule has 0 aliphatic carbocycles. The summed E-state index contributed by atoms with van der Waals surface area (Å²) in [6, 6.07) is 10.4. The smallest absolute Gasteiger partial charge is 0.0485 e. The summed E-state index contributed by atoms with van der Waals surface area (Å²) in [5.74, 6) is 0.221. The van der Waals surface area contributed by atoms with Crippen LogP contribution < -0.4 is 0 Å². The Kier molecular flexibility index (Phi) is 4.22. The topological polar surface area (TPSA) is 23.5 Å². The van der Waals surface area contributed by atoms with Crippen molar-refractivity contribution in [2.75, 3.05) is 19.7 Å². The number of halogens is 1. The largest absolute Gasteiger partial charge is 0.396 e. The molecule has 1 heterocycles. The molecule has 1 aliphatic heterocycles. The average molecular weight is 240 g/mol. The molecule has 0 spiro atoms. The number of aliphatic hydroxyl groups excluding tert-OH is 1. The molecule has 2 nitrogen and oxygen atoms in total. The molecule has 0 saturated carbocycles. The van der Waals surface area contributed by atoms with E-state index in [4.69, 9.17) is 11.6 Å². The highest BCUT2D eigenvalue weighted by Crippen LogP contribution is 2.23. The lowest BCUT2D eigenvalue weighted by molar-refractivity contribution is 0.119. The van der Waals surface area contributed by atoms with Gasteiger partial charge in [0.05, 0.1) is 0 Å². The molecule has 0 radical (unpaired) electrons. The number of rotatable bonds is 3. The fourth-order valence-electron chi connectivity index (χ4n) is 2.24. The molecule has 88 valence electrons. The number of alkyl halides is 1. The van der Waals surface area contributed by atoms with E-state index in [2.05, 4.69) is 29.2 Å². The molecule has 0 aromatic heterocycles. The zero-order chi connectivity index (χ0) is 11.4. The molecular formula is C13H18ClNO. The minimum Gasteiger partial charge on any atom is -0.396 e. The number of benzene rings is 1. The van der Waals surface area contributed by atoms with Gasteiger partial charge in [-0.05, 0) is 18.5 Å². The maximum absolute atomic E-state index is 9.23. The third kappa shape index (κ3) is 2.97. The molecular weight excluding hydrogens is 222 g/mol. The first-order chi connectivity index (χ1) is 7.79. The Balaban J connectivity index is 1.92. The number of nitrogens with zero attached hydrogens (tertiary/aromatic N) is 1. The highest BCUT2D eigenvalue weighted by atomic mass is 35.5. The van der Waals surface area contributed by atoms with Crippen LogP contribution in [0.4, 0.5) is 0 Å². The minimum atomic E-state index is 0.136. The van der Waals surface area contributed by atoms with E-state index >= 15 is 0 Å². The molecule has 1 saturated heterocycles. The van der Waals surface area contributed by atoms with E-state index in [1.54, 1.807) is 0 Å². The van der Waals surface area contributed by atoms with E-state index in [-0.39, 0.29) is 17.9 Å². The van der Waals surface area contributed by atoms with Gasteiger partial charge in [-0.1, -0.05) is 30.3 Å². The second-order valence-electron chi connectivity index (χ2n) is 4.47. The van der Waals surface area contributed by atoms with Gasteiger partial charge in [0.2, 0.25) is 0 Å². The number of hydrogen-bond donors (Lipinski definition) is 1. The number of piperidine rings is 1. The molecule has 0 unspecified atom stereocenters. The van der Waals surface area contributed by atoms with Gasteiger partial charge in [-0.3, -0.25) is 4.90 Å². The van der Waals surface area contributed by atoms with Crippen LogP contribution in [-0.4, -0.2) is 35.1 Å². The van der Waals surface area contributed by atoms with Crippen molar-refractivity contribution in [3.8, 4) is 0 Å². The van der Waals surface area contributed by atoms with E-state index in [1.165, 1.54) is 5.56 Å². The van der Waals surface area contributed by atoms with Crippen LogP contribution in [0.15, 0.2) is 30.3 Å². The van der Waals surface area contributed by atoms with E-state index in [1.807, 2.05) is 6.07 Å². The molecule has 1 fully saturated rings. The highest BCUT2D eigenvalue weighted by Gasteiger charge is 2.26. The van der Waals surface area contributed by atoms with Crippen molar-refractivity contribution in [3.63, 3.8) is 0 Å². The predicted molar refractivity (Wildman–Crippen MR) is 66.6 cm³/mol. The summed E-state index contributed by atoms with van der Waals surface area (Å²) in [5, 5.41) is 9.37. The standard InChI is InChI=1S/C13H18ClNO/c14-13-6-7-15(9-12(13)10-16)8-11-4-2-1-3-5-11/h1-5,12-13,16H,6-10H2/t12-,13-/m1/s1. The molecule has 2 rings (SSSR count). The van der Waals surface area contributed by atoms with Gasteiger partial charge in [0, 0.05) is 31.0 Å². The van der Waals surface area contributed by atoms with Crippen molar-refractivity contribution in [1.82, 2.24) is 4.90 Å². The predicted octanol–water partition coefficient (Wildman–Crippen LogP) is 2.11. The third-order valence-corrected chi connectivity index (χ3v) is 3.78. The molecule has 0 amide bonds. The Labute approximate surface area is 102 Å². The summed E-state index contributed by atoms with van der Waals surface area (Å²) in [4.78, 5) is 2.37. The van der Waals surface area contributed by atoms with Crippen molar-refractivity contribution in [3.05, 3.63) is 35.9 Å². The van der Waals surface area contributed by atoms with Gasteiger partial charge < -0.3 is 5.11 Å². The maximum atomic E-state index is 9.23. The van der Waals surface area contributed by atoms with E-state index in [9.17, 15) is 5.11 Å². The second kappa shape index (κ2) is 5.67. The number of likely N-dealkylation sites (tertiary alicyclic amines) is 1. The Hall–Kier alpha value is -0.570. The van der Waals surface area contributed by atoms with Crippen molar-refractivity contribution in [2.24, 2.45) is 5.92 Å². The lowest BCUT2D eigenvalue weighted by Gasteiger charge is -2.35. The van der Waals surface area contributed by atoms with Crippen LogP contribution in [0.25, 0.3) is 0 Å². The zero-order valence-electron chi connectivity index (χ0n) is 9.35. The highest BCUT2D eigenvalue weighted by molar-refractivity contribution is 6.20. The van der Waals surface area contributed by atoms with Crippen molar-refractivity contribution in [1.29, 1.82) is 0 Å². The summed E-state index contributed by atoms with van der Waals surface area (Å²) >= 11 is 6.16. The first-order valence-electron chi connectivity index (χ1n) is 5.81. The molecule has 16 heavy (non-hydrogen) atoms. The van der Waals surface area contributed by atoms with Crippen molar-refractivity contribution >= 4 is 11.6 Å². The van der Waals surface area contributed by atoms with Gasteiger partial charge in [-0.2, -0.15) is 0 Å². The van der Waals surface area contributed by atoms with E-state index < -0.39 is 0 Å². The van der Waals surface area contributed by atoms with Crippen LogP contribution in [0.3, 0.4) is 0 Å². The van der Waals surface area contributed by atoms with Gasteiger partial charge in [0.1, 0.15) is 0 Å². The van der Waals surface area contributed by atoms with Crippen LogP contribution >= 0.6 is 11.6 Å². The summed E-state index contributed by atoms with van der Waals surface area (Å²) < 4.78 is 0. The Bertz CT molecular complexity index is 317. The molecule has 3 heteroatoms. The van der Waals surface area contributed by atoms with E-state index in [0.29, 0.717) is 0 Å². The molecule has 1 aromatic carbocycles. The van der Waals surface area contributed by atoms with Crippen LogP contribution in [0, 0.1) is 5.92 Å². The quantitative estimate of drug-likeness (QED) is 0.817. The fraction of sp³-hybridized carbons (Fsp3) is 0.538. The normalized spacial score (nSPS) is 26.9. The van der Waals surface area contributed by atoms with Gasteiger partial charge >= 0.3 is 0 Å². The Morgan fingerprint density at radius 2 is 2.06 bits per heavy atom. The fourth-order valence-corrected chi connectivity index (χ4v) is 2.49. The molecule has 1 aliphatic rings. The second-order valence-corrected chi connectivity index (χ2v) is 5.03. The van der Waals surface area contributed by atoms with Crippen LogP contribution in [-0.2, 0) is 6.54 Å². The number of hydrogen-bond acceptors (Lipinski definition) is 2. The van der Waals surface area contributed by atoms with Crippen molar-refractivity contribution in [2.45, 2.75) is 18.3 Å². The van der Waals surface area contributed by atoms with Crippen LogP contribution in [0.2, 0.25) is 0 Å². The summed E-state index contributed by atoms with van der Waals surface area (Å²) in [7, 11) is 0. The van der Waals surface area contributed by atoms with Crippen LogP contribution in [0.5, 0.6) is 0 Å². The van der Waals surface area contributed by atoms with E-state index in [0.717, 1.165) is 26.1 Å². The minimum absolute atomic E-state index is 0.136. The molecule has 0 bridgehead atoms. The Morgan fingerprint density at radius 3 is 2.75 bits per heavy atom. The van der Waals surface area contributed by atoms with Crippen LogP contribution in [0.1, 0.15) is 12.0 Å². The summed E-state index contributed by atoms with van der Waals surface area (Å²) in [6.07, 6.45) is 0.972.